The molecule has 1 aromatic heterocycles. The summed E-state index contributed by atoms with van der Waals surface area (Å²) in [5, 5.41) is 3.71. The van der Waals surface area contributed by atoms with Gasteiger partial charge in [-0.1, -0.05) is 18.2 Å². The second-order valence-electron chi connectivity index (χ2n) is 4.35. The number of fused-ring (bicyclic) bond motifs is 1. The van der Waals surface area contributed by atoms with Crippen molar-refractivity contribution in [3.8, 4) is 0 Å². The van der Waals surface area contributed by atoms with Gasteiger partial charge < -0.3 is 4.90 Å². The Morgan fingerprint density at radius 2 is 2.06 bits per heavy atom. The van der Waals surface area contributed by atoms with E-state index < -0.39 is 0 Å². The summed E-state index contributed by atoms with van der Waals surface area (Å²) in [6.45, 7) is 2.20. The molecule has 0 aliphatic carbocycles. The van der Waals surface area contributed by atoms with Crippen LogP contribution in [0.25, 0.3) is 10.1 Å². The van der Waals surface area contributed by atoms with Gasteiger partial charge in [0.15, 0.2) is 0 Å². The fourth-order valence-electron chi connectivity index (χ4n) is 1.98. The van der Waals surface area contributed by atoms with E-state index in [4.69, 9.17) is 11.6 Å². The Kier molecular flexibility index (Phi) is 4.84. The normalized spacial score (nSPS) is 11.5. The fourth-order valence-corrected chi connectivity index (χ4v) is 3.10. The number of likely N-dealkylation sites (N-methyl/N-ethyl adjacent to an activating group) is 1. The quantitative estimate of drug-likeness (QED) is 0.715. The van der Waals surface area contributed by atoms with Crippen molar-refractivity contribution in [2.75, 3.05) is 26.0 Å². The molecule has 0 atom stereocenters. The van der Waals surface area contributed by atoms with E-state index in [9.17, 15) is 0 Å². The molecule has 1 heterocycles. The summed E-state index contributed by atoms with van der Waals surface area (Å²) < 4.78 is 1.39. The third-order valence-corrected chi connectivity index (χ3v) is 4.28. The van der Waals surface area contributed by atoms with Crippen LogP contribution in [-0.2, 0) is 6.42 Å². The second-order valence-corrected chi connectivity index (χ2v) is 5.64. The number of rotatable bonds is 6. The third kappa shape index (κ3) is 3.44. The number of halogens is 1. The molecule has 0 spiro atoms. The standard InChI is InChI=1S/C14H18ClNS/c1-16(9-4-8-15)10-7-12-11-17-14-6-3-2-5-13(12)14/h2-3,5-6,11H,4,7-10H2,1H3. The maximum absolute atomic E-state index is 5.70. The molecule has 0 saturated carbocycles. The van der Waals surface area contributed by atoms with Crippen molar-refractivity contribution in [2.45, 2.75) is 12.8 Å². The molecular formula is C14H18ClNS. The first-order chi connectivity index (χ1) is 8.31. The van der Waals surface area contributed by atoms with E-state index in [0.29, 0.717) is 0 Å². The van der Waals surface area contributed by atoms with Gasteiger partial charge in [0.2, 0.25) is 0 Å². The molecule has 3 heteroatoms. The highest BCUT2D eigenvalue weighted by molar-refractivity contribution is 7.17. The summed E-state index contributed by atoms with van der Waals surface area (Å²) in [5.74, 6) is 0.756. The number of thiophene rings is 1. The maximum atomic E-state index is 5.70. The molecule has 0 unspecified atom stereocenters. The van der Waals surface area contributed by atoms with Crippen LogP contribution in [0.4, 0.5) is 0 Å². The lowest BCUT2D eigenvalue weighted by molar-refractivity contribution is 0.340. The van der Waals surface area contributed by atoms with Crippen LogP contribution < -0.4 is 0 Å². The van der Waals surface area contributed by atoms with Gasteiger partial charge >= 0.3 is 0 Å². The summed E-state index contributed by atoms with van der Waals surface area (Å²) in [6.07, 6.45) is 2.20. The zero-order valence-corrected chi connectivity index (χ0v) is 11.7. The third-order valence-electron chi connectivity index (χ3n) is 3.00. The van der Waals surface area contributed by atoms with Crippen LogP contribution in [0.5, 0.6) is 0 Å². The predicted octanol–water partition coefficient (Wildman–Crippen LogP) is 4.00. The number of nitrogens with zero attached hydrogens (tertiary/aromatic N) is 1. The molecule has 0 aliphatic heterocycles. The lowest BCUT2D eigenvalue weighted by Gasteiger charge is -2.15. The van der Waals surface area contributed by atoms with Crippen LogP contribution in [0.3, 0.4) is 0 Å². The number of hydrogen-bond donors (Lipinski definition) is 0. The lowest BCUT2D eigenvalue weighted by Crippen LogP contribution is -2.22. The van der Waals surface area contributed by atoms with E-state index in [1.807, 2.05) is 11.3 Å². The summed E-state index contributed by atoms with van der Waals surface area (Å²) in [5.41, 5.74) is 1.48. The first kappa shape index (κ1) is 12.9. The molecular weight excluding hydrogens is 250 g/mol. The molecule has 17 heavy (non-hydrogen) atoms. The smallest absolute Gasteiger partial charge is 0.0345 e. The largest absolute Gasteiger partial charge is 0.306 e. The van der Waals surface area contributed by atoms with E-state index in [2.05, 4.69) is 41.6 Å². The first-order valence-corrected chi connectivity index (χ1v) is 7.42. The first-order valence-electron chi connectivity index (χ1n) is 6.01. The van der Waals surface area contributed by atoms with E-state index in [0.717, 1.165) is 31.8 Å². The van der Waals surface area contributed by atoms with Crippen molar-refractivity contribution in [2.24, 2.45) is 0 Å². The Hall–Kier alpha value is -0.570. The minimum atomic E-state index is 0.756. The minimum Gasteiger partial charge on any atom is -0.306 e. The van der Waals surface area contributed by atoms with Crippen LogP contribution in [0.15, 0.2) is 29.6 Å². The number of hydrogen-bond acceptors (Lipinski definition) is 2. The summed E-state index contributed by atoms with van der Waals surface area (Å²) >= 11 is 7.54. The SMILES string of the molecule is CN(CCCCl)CCc1csc2ccccc12. The Bertz CT molecular complexity index is 466. The summed E-state index contributed by atoms with van der Waals surface area (Å²) in [4.78, 5) is 2.36. The van der Waals surface area contributed by atoms with Crippen LogP contribution in [-0.4, -0.2) is 30.9 Å². The molecule has 0 N–H and O–H groups in total. The maximum Gasteiger partial charge on any atom is 0.0345 e. The molecule has 0 fully saturated rings. The van der Waals surface area contributed by atoms with Crippen molar-refractivity contribution in [1.82, 2.24) is 4.90 Å². The highest BCUT2D eigenvalue weighted by atomic mass is 35.5. The fraction of sp³-hybridized carbons (Fsp3) is 0.429. The van der Waals surface area contributed by atoms with Crippen LogP contribution in [0.2, 0.25) is 0 Å². The van der Waals surface area contributed by atoms with Gasteiger partial charge in [-0.05, 0) is 48.8 Å². The van der Waals surface area contributed by atoms with E-state index >= 15 is 0 Å². The Balaban J connectivity index is 1.95. The molecule has 1 aromatic carbocycles. The topological polar surface area (TPSA) is 3.24 Å². The zero-order chi connectivity index (χ0) is 12.1. The van der Waals surface area contributed by atoms with Crippen molar-refractivity contribution in [1.29, 1.82) is 0 Å². The average Bonchev–Trinajstić information content (AvgIpc) is 2.77. The molecule has 0 aliphatic rings. The predicted molar refractivity (Wildman–Crippen MR) is 78.4 cm³/mol. The molecule has 92 valence electrons. The van der Waals surface area contributed by atoms with Gasteiger partial charge in [-0.15, -0.1) is 22.9 Å². The van der Waals surface area contributed by atoms with Gasteiger partial charge in [-0.25, -0.2) is 0 Å². The van der Waals surface area contributed by atoms with Crippen molar-refractivity contribution < 1.29 is 0 Å². The van der Waals surface area contributed by atoms with Gasteiger partial charge in [0.1, 0.15) is 0 Å². The average molecular weight is 268 g/mol. The van der Waals surface area contributed by atoms with E-state index in [1.165, 1.54) is 15.6 Å². The van der Waals surface area contributed by atoms with E-state index in [1.54, 1.807) is 0 Å². The highest BCUT2D eigenvalue weighted by Crippen LogP contribution is 2.25. The molecule has 2 aromatic rings. The summed E-state index contributed by atoms with van der Waals surface area (Å²) in [7, 11) is 2.17. The van der Waals surface area contributed by atoms with Crippen LogP contribution in [0, 0.1) is 0 Å². The van der Waals surface area contributed by atoms with Gasteiger partial charge in [0, 0.05) is 17.1 Å². The monoisotopic (exact) mass is 267 g/mol. The van der Waals surface area contributed by atoms with Crippen LogP contribution >= 0.6 is 22.9 Å². The zero-order valence-electron chi connectivity index (χ0n) is 10.2. The van der Waals surface area contributed by atoms with Gasteiger partial charge in [0.25, 0.3) is 0 Å². The van der Waals surface area contributed by atoms with Gasteiger partial charge in [-0.3, -0.25) is 0 Å². The molecule has 0 amide bonds. The van der Waals surface area contributed by atoms with E-state index in [-0.39, 0.29) is 0 Å². The number of benzene rings is 1. The molecule has 0 radical (unpaired) electrons. The summed E-state index contributed by atoms with van der Waals surface area (Å²) in [6, 6.07) is 8.64. The highest BCUT2D eigenvalue weighted by Gasteiger charge is 2.04. The molecule has 0 bridgehead atoms. The minimum absolute atomic E-state index is 0.756. The van der Waals surface area contributed by atoms with Crippen molar-refractivity contribution in [3.63, 3.8) is 0 Å². The Morgan fingerprint density at radius 1 is 1.24 bits per heavy atom. The van der Waals surface area contributed by atoms with Crippen molar-refractivity contribution >= 4 is 33.0 Å². The lowest BCUT2D eigenvalue weighted by atomic mass is 10.1. The molecule has 2 rings (SSSR count). The Labute approximate surface area is 112 Å². The molecule has 0 saturated heterocycles. The molecule has 1 nitrogen and oxygen atoms in total. The number of alkyl halides is 1. The van der Waals surface area contributed by atoms with Crippen LogP contribution in [0.1, 0.15) is 12.0 Å². The second kappa shape index (κ2) is 6.39. The van der Waals surface area contributed by atoms with Gasteiger partial charge in [0.05, 0.1) is 0 Å². The Morgan fingerprint density at radius 3 is 2.88 bits per heavy atom. The van der Waals surface area contributed by atoms with Crippen molar-refractivity contribution in [3.05, 3.63) is 35.2 Å². The van der Waals surface area contributed by atoms with Gasteiger partial charge in [-0.2, -0.15) is 0 Å².